The van der Waals surface area contributed by atoms with Crippen LogP contribution in [-0.4, -0.2) is 44.2 Å². The molecule has 1 aliphatic rings. The first-order valence-corrected chi connectivity index (χ1v) is 11.9. The van der Waals surface area contributed by atoms with Crippen LogP contribution in [0.25, 0.3) is 0 Å². The second-order valence-corrected chi connectivity index (χ2v) is 9.50. The van der Waals surface area contributed by atoms with E-state index >= 15 is 0 Å². The molecule has 2 N–H and O–H groups in total. The number of carbonyl (C=O) groups is 2. The summed E-state index contributed by atoms with van der Waals surface area (Å²) in [5, 5.41) is 0.00752. The molecule has 0 radical (unpaired) electrons. The Kier molecular flexibility index (Phi) is 8.05. The molecule has 3 rings (SSSR count). The molecule has 1 heterocycles. The number of benzene rings is 2. The van der Waals surface area contributed by atoms with Gasteiger partial charge in [-0.15, -0.1) is 0 Å². The molecule has 2 amide bonds. The first-order valence-electron chi connectivity index (χ1n) is 10.1. The van der Waals surface area contributed by atoms with Gasteiger partial charge in [-0.1, -0.05) is 36.6 Å². The molecule has 1 fully saturated rings. The molecule has 2 aromatic carbocycles. The molecule has 0 aliphatic carbocycles. The number of sulfonamides is 1. The number of para-hydroxylation sites is 1. The first kappa shape index (κ1) is 24.0. The smallest absolute Gasteiger partial charge is 0.276 e. The van der Waals surface area contributed by atoms with E-state index in [2.05, 4.69) is 10.9 Å². The molecular formula is C21H23ClFN3O5S. The molecule has 1 aliphatic heterocycles. The number of ether oxygens (including phenoxy) is 1. The number of hydrogen-bond donors (Lipinski definition) is 2. The number of halogens is 2. The molecule has 0 aromatic heterocycles. The van der Waals surface area contributed by atoms with E-state index in [0.29, 0.717) is 13.1 Å². The zero-order valence-electron chi connectivity index (χ0n) is 17.1. The van der Waals surface area contributed by atoms with Crippen LogP contribution in [0.4, 0.5) is 4.39 Å². The highest BCUT2D eigenvalue weighted by Gasteiger charge is 2.28. The predicted octanol–water partition coefficient (Wildman–Crippen LogP) is 2.88. The lowest BCUT2D eigenvalue weighted by molar-refractivity contribution is -0.123. The Morgan fingerprint density at radius 2 is 1.72 bits per heavy atom. The lowest BCUT2D eigenvalue weighted by atomic mass is 10.2. The Balaban J connectivity index is 1.63. The normalized spacial score (nSPS) is 14.9. The Morgan fingerprint density at radius 3 is 2.41 bits per heavy atom. The van der Waals surface area contributed by atoms with Crippen LogP contribution >= 0.6 is 11.6 Å². The molecule has 172 valence electrons. The minimum atomic E-state index is -3.87. The maximum absolute atomic E-state index is 13.5. The van der Waals surface area contributed by atoms with Gasteiger partial charge in [-0.25, -0.2) is 12.8 Å². The molecule has 0 bridgehead atoms. The fourth-order valence-electron chi connectivity index (χ4n) is 3.20. The summed E-state index contributed by atoms with van der Waals surface area (Å²) in [5.41, 5.74) is 4.31. The van der Waals surface area contributed by atoms with Gasteiger partial charge in [0.1, 0.15) is 4.90 Å². The molecule has 32 heavy (non-hydrogen) atoms. The van der Waals surface area contributed by atoms with E-state index < -0.39 is 34.3 Å². The summed E-state index contributed by atoms with van der Waals surface area (Å²) in [7, 11) is -3.87. The van der Waals surface area contributed by atoms with E-state index in [1.165, 1.54) is 40.7 Å². The van der Waals surface area contributed by atoms with Gasteiger partial charge in [0.25, 0.3) is 11.8 Å². The highest BCUT2D eigenvalue weighted by molar-refractivity contribution is 7.89. The molecule has 0 saturated carbocycles. The number of hydrazine groups is 1. The fraction of sp³-hybridized carbons (Fsp3) is 0.333. The third kappa shape index (κ3) is 5.96. The van der Waals surface area contributed by atoms with E-state index in [1.807, 2.05) is 0 Å². The van der Waals surface area contributed by atoms with Crippen molar-refractivity contribution in [2.24, 2.45) is 0 Å². The second-order valence-electron chi connectivity index (χ2n) is 7.18. The monoisotopic (exact) mass is 483 g/mol. The number of amides is 2. The average molecular weight is 484 g/mol. The summed E-state index contributed by atoms with van der Waals surface area (Å²) >= 11 is 6.13. The number of hydrogen-bond acceptors (Lipinski definition) is 5. The molecule has 0 spiro atoms. The maximum atomic E-state index is 13.5. The molecule has 2 aromatic rings. The van der Waals surface area contributed by atoms with Crippen LogP contribution in [-0.2, 0) is 14.8 Å². The second kappa shape index (κ2) is 10.8. The molecular weight excluding hydrogens is 461 g/mol. The highest BCUT2D eigenvalue weighted by Crippen LogP contribution is 2.27. The summed E-state index contributed by atoms with van der Waals surface area (Å²) in [6.07, 6.45) is 3.45. The van der Waals surface area contributed by atoms with Crippen LogP contribution < -0.4 is 15.6 Å². The van der Waals surface area contributed by atoms with Crippen molar-refractivity contribution in [3.8, 4) is 5.75 Å². The van der Waals surface area contributed by atoms with E-state index in [0.717, 1.165) is 25.7 Å². The first-order chi connectivity index (χ1) is 15.3. The summed E-state index contributed by atoms with van der Waals surface area (Å²) in [5.74, 6) is -2.19. The molecule has 0 unspecified atom stereocenters. The van der Waals surface area contributed by atoms with Crippen LogP contribution in [0.2, 0.25) is 5.02 Å². The SMILES string of the molecule is O=C(COc1ccccc1F)NNC(=O)c1ccc(Cl)c(S(=O)(=O)N2CCCCCC2)c1. The molecule has 8 nitrogen and oxygen atoms in total. The lowest BCUT2D eigenvalue weighted by Gasteiger charge is -2.21. The minimum Gasteiger partial charge on any atom is -0.481 e. The Bertz CT molecular complexity index is 1090. The quantitative estimate of drug-likeness (QED) is 0.615. The lowest BCUT2D eigenvalue weighted by Crippen LogP contribution is -2.44. The Labute approximate surface area is 190 Å². The van der Waals surface area contributed by atoms with Crippen molar-refractivity contribution in [1.29, 1.82) is 0 Å². The van der Waals surface area contributed by atoms with E-state index in [-0.39, 0.29) is 21.2 Å². The molecule has 11 heteroatoms. The van der Waals surface area contributed by atoms with Crippen molar-refractivity contribution in [3.63, 3.8) is 0 Å². The van der Waals surface area contributed by atoms with Gasteiger partial charge in [0.2, 0.25) is 10.0 Å². The van der Waals surface area contributed by atoms with Gasteiger partial charge in [0.05, 0.1) is 5.02 Å². The predicted molar refractivity (Wildman–Crippen MR) is 116 cm³/mol. The van der Waals surface area contributed by atoms with Crippen LogP contribution in [0, 0.1) is 5.82 Å². The third-order valence-electron chi connectivity index (χ3n) is 4.89. The summed E-state index contributed by atoms with van der Waals surface area (Å²) in [6.45, 7) is 0.261. The average Bonchev–Trinajstić information content (AvgIpc) is 3.07. The van der Waals surface area contributed by atoms with Gasteiger partial charge in [-0.2, -0.15) is 4.31 Å². The van der Waals surface area contributed by atoms with Crippen molar-refractivity contribution in [2.45, 2.75) is 30.6 Å². The fourth-order valence-corrected chi connectivity index (χ4v) is 5.22. The minimum absolute atomic E-state index is 0.00174. The van der Waals surface area contributed by atoms with Crippen LogP contribution in [0.3, 0.4) is 0 Å². The number of nitrogens with zero attached hydrogens (tertiary/aromatic N) is 1. The van der Waals surface area contributed by atoms with Crippen LogP contribution in [0.1, 0.15) is 36.0 Å². The van der Waals surface area contributed by atoms with Crippen LogP contribution in [0.15, 0.2) is 47.4 Å². The van der Waals surface area contributed by atoms with Crippen molar-refractivity contribution >= 4 is 33.4 Å². The third-order valence-corrected chi connectivity index (χ3v) is 7.27. The zero-order chi connectivity index (χ0) is 23.1. The van der Waals surface area contributed by atoms with Gasteiger partial charge < -0.3 is 4.74 Å². The van der Waals surface area contributed by atoms with Gasteiger partial charge in [-0.05, 0) is 43.2 Å². The van der Waals surface area contributed by atoms with E-state index in [1.54, 1.807) is 6.07 Å². The van der Waals surface area contributed by atoms with E-state index in [4.69, 9.17) is 16.3 Å². The number of carbonyl (C=O) groups excluding carboxylic acids is 2. The van der Waals surface area contributed by atoms with Crippen molar-refractivity contribution in [1.82, 2.24) is 15.2 Å². The van der Waals surface area contributed by atoms with Crippen molar-refractivity contribution in [2.75, 3.05) is 19.7 Å². The zero-order valence-corrected chi connectivity index (χ0v) is 18.7. The number of nitrogens with one attached hydrogen (secondary N) is 2. The van der Waals surface area contributed by atoms with Crippen molar-refractivity contribution < 1.29 is 27.1 Å². The van der Waals surface area contributed by atoms with Gasteiger partial charge in [-0.3, -0.25) is 20.4 Å². The Morgan fingerprint density at radius 1 is 1.03 bits per heavy atom. The Hall–Kier alpha value is -2.69. The van der Waals surface area contributed by atoms with Crippen molar-refractivity contribution in [3.05, 3.63) is 58.9 Å². The maximum Gasteiger partial charge on any atom is 0.276 e. The topological polar surface area (TPSA) is 105 Å². The van der Waals surface area contributed by atoms with Gasteiger partial charge in [0.15, 0.2) is 18.2 Å². The van der Waals surface area contributed by atoms with E-state index in [9.17, 15) is 22.4 Å². The highest BCUT2D eigenvalue weighted by atomic mass is 35.5. The number of rotatable bonds is 6. The molecule has 1 saturated heterocycles. The summed E-state index contributed by atoms with van der Waals surface area (Å²) in [4.78, 5) is 24.1. The standard InChI is InChI=1S/C21H23ClFN3O5S/c22-16-10-9-15(13-19(16)32(29,30)26-11-5-1-2-6-12-26)21(28)25-24-20(27)14-31-18-8-4-3-7-17(18)23/h3-4,7-10,13H,1-2,5-6,11-12,14H2,(H,24,27)(H,25,28). The van der Waals surface area contributed by atoms with Gasteiger partial charge >= 0.3 is 0 Å². The summed E-state index contributed by atoms with van der Waals surface area (Å²) < 4.78 is 46.0. The molecule has 0 atom stereocenters. The summed E-state index contributed by atoms with van der Waals surface area (Å²) in [6, 6.07) is 9.44. The van der Waals surface area contributed by atoms with Gasteiger partial charge in [0, 0.05) is 18.7 Å². The van der Waals surface area contributed by atoms with Crippen LogP contribution in [0.5, 0.6) is 5.75 Å². The largest absolute Gasteiger partial charge is 0.481 e.